The highest BCUT2D eigenvalue weighted by molar-refractivity contribution is 5.89. The van der Waals surface area contributed by atoms with E-state index in [2.05, 4.69) is 16.0 Å². The van der Waals surface area contributed by atoms with Crippen LogP contribution in [0.2, 0.25) is 0 Å². The first kappa shape index (κ1) is 14.7. The second kappa shape index (κ2) is 5.90. The average Bonchev–Trinajstić information content (AvgIpc) is 2.55. The molecule has 1 aromatic heterocycles. The standard InChI is InChI=1S/C19H15N3O/c1-12-3-6-14(7-4-12)10-15(11-20)18-21-17-8-5-13(2)9-16(17)19(23)22-18/h3-10H,1-2H3,(H,21,22,23)/b15-10+. The third kappa shape index (κ3) is 3.04. The van der Waals surface area contributed by atoms with E-state index in [1.165, 1.54) is 0 Å². The molecule has 0 fully saturated rings. The zero-order valence-corrected chi connectivity index (χ0v) is 12.9. The van der Waals surface area contributed by atoms with Gasteiger partial charge in [-0.2, -0.15) is 5.26 Å². The summed E-state index contributed by atoms with van der Waals surface area (Å²) in [5.74, 6) is 0.287. The van der Waals surface area contributed by atoms with Crippen molar-refractivity contribution in [2.24, 2.45) is 0 Å². The second-order valence-electron chi connectivity index (χ2n) is 5.52. The molecule has 4 heteroatoms. The van der Waals surface area contributed by atoms with Gasteiger partial charge in [-0.15, -0.1) is 0 Å². The molecular weight excluding hydrogens is 286 g/mol. The van der Waals surface area contributed by atoms with Crippen LogP contribution in [0.1, 0.15) is 22.5 Å². The Kier molecular flexibility index (Phi) is 3.78. The van der Waals surface area contributed by atoms with E-state index in [1.54, 1.807) is 18.2 Å². The number of aryl methyl sites for hydroxylation is 2. The Morgan fingerprint density at radius 2 is 1.83 bits per heavy atom. The second-order valence-corrected chi connectivity index (χ2v) is 5.52. The molecule has 3 aromatic rings. The van der Waals surface area contributed by atoms with Crippen molar-refractivity contribution in [2.75, 3.05) is 0 Å². The maximum absolute atomic E-state index is 12.2. The highest BCUT2D eigenvalue weighted by atomic mass is 16.1. The summed E-state index contributed by atoms with van der Waals surface area (Å²) in [4.78, 5) is 19.4. The topological polar surface area (TPSA) is 69.5 Å². The number of hydrogen-bond donors (Lipinski definition) is 1. The van der Waals surface area contributed by atoms with Gasteiger partial charge in [0.2, 0.25) is 0 Å². The van der Waals surface area contributed by atoms with Crippen LogP contribution in [0.4, 0.5) is 0 Å². The van der Waals surface area contributed by atoms with Crippen molar-refractivity contribution in [3.63, 3.8) is 0 Å². The fourth-order valence-corrected chi connectivity index (χ4v) is 2.36. The first-order chi connectivity index (χ1) is 11.1. The van der Waals surface area contributed by atoms with Gasteiger partial charge >= 0.3 is 0 Å². The molecule has 0 aliphatic heterocycles. The average molecular weight is 301 g/mol. The van der Waals surface area contributed by atoms with Crippen LogP contribution < -0.4 is 5.56 Å². The third-order valence-corrected chi connectivity index (χ3v) is 3.62. The van der Waals surface area contributed by atoms with E-state index >= 15 is 0 Å². The molecule has 0 bridgehead atoms. The summed E-state index contributed by atoms with van der Waals surface area (Å²) < 4.78 is 0. The van der Waals surface area contributed by atoms with Crippen LogP contribution in [0, 0.1) is 25.2 Å². The molecule has 0 spiro atoms. The number of nitriles is 1. The number of aromatic nitrogens is 2. The van der Waals surface area contributed by atoms with Crippen LogP contribution in [0.3, 0.4) is 0 Å². The van der Waals surface area contributed by atoms with Crippen LogP contribution in [0.5, 0.6) is 0 Å². The Bertz CT molecular complexity index is 1010. The maximum Gasteiger partial charge on any atom is 0.259 e. The Morgan fingerprint density at radius 3 is 2.52 bits per heavy atom. The minimum Gasteiger partial charge on any atom is -0.305 e. The van der Waals surface area contributed by atoms with Crippen LogP contribution in [0.25, 0.3) is 22.6 Å². The molecule has 0 saturated carbocycles. The van der Waals surface area contributed by atoms with Gasteiger partial charge in [-0.1, -0.05) is 41.5 Å². The lowest BCUT2D eigenvalue weighted by Crippen LogP contribution is -2.11. The van der Waals surface area contributed by atoms with E-state index in [1.807, 2.05) is 44.2 Å². The van der Waals surface area contributed by atoms with Gasteiger partial charge in [0, 0.05) is 0 Å². The van der Waals surface area contributed by atoms with Crippen LogP contribution in [0.15, 0.2) is 47.3 Å². The van der Waals surface area contributed by atoms with Crippen LogP contribution >= 0.6 is 0 Å². The lowest BCUT2D eigenvalue weighted by atomic mass is 10.1. The van der Waals surface area contributed by atoms with Gasteiger partial charge in [-0.25, -0.2) is 4.98 Å². The van der Waals surface area contributed by atoms with Crippen LogP contribution in [-0.2, 0) is 0 Å². The van der Waals surface area contributed by atoms with Crippen LogP contribution in [-0.4, -0.2) is 9.97 Å². The number of H-pyrrole nitrogens is 1. The molecular formula is C19H15N3O. The van der Waals surface area contributed by atoms with Crippen molar-refractivity contribution in [2.45, 2.75) is 13.8 Å². The number of aromatic amines is 1. The van der Waals surface area contributed by atoms with Crippen molar-refractivity contribution in [1.82, 2.24) is 9.97 Å². The molecule has 0 aliphatic rings. The molecule has 0 aliphatic carbocycles. The number of rotatable bonds is 2. The minimum atomic E-state index is -0.237. The summed E-state index contributed by atoms with van der Waals surface area (Å²) in [6.07, 6.45) is 1.72. The number of nitrogens with zero attached hydrogens (tertiary/aromatic N) is 2. The number of allylic oxidation sites excluding steroid dienone is 1. The molecule has 0 saturated heterocycles. The summed E-state index contributed by atoms with van der Waals surface area (Å²) in [6.45, 7) is 3.92. The molecule has 2 aromatic carbocycles. The first-order valence-corrected chi connectivity index (χ1v) is 7.26. The molecule has 23 heavy (non-hydrogen) atoms. The van der Waals surface area contributed by atoms with Gasteiger partial charge in [0.1, 0.15) is 6.07 Å². The van der Waals surface area contributed by atoms with Gasteiger partial charge in [-0.05, 0) is 37.6 Å². The SMILES string of the molecule is Cc1ccc(/C=C(\C#N)c2nc3ccc(C)cc3c(=O)[nH]2)cc1. The van der Waals surface area contributed by atoms with Gasteiger partial charge in [0.05, 0.1) is 16.5 Å². The van der Waals surface area contributed by atoms with Gasteiger partial charge in [-0.3, -0.25) is 4.79 Å². The summed E-state index contributed by atoms with van der Waals surface area (Å²) in [5.41, 5.74) is 3.70. The van der Waals surface area contributed by atoms with Crippen molar-refractivity contribution < 1.29 is 0 Å². The fourth-order valence-electron chi connectivity index (χ4n) is 2.36. The Balaban J connectivity index is 2.14. The van der Waals surface area contributed by atoms with Gasteiger partial charge < -0.3 is 4.98 Å². The Morgan fingerprint density at radius 1 is 1.13 bits per heavy atom. The molecule has 3 rings (SSSR count). The Hall–Kier alpha value is -3.19. The van der Waals surface area contributed by atoms with Gasteiger partial charge in [0.15, 0.2) is 5.82 Å². The third-order valence-electron chi connectivity index (χ3n) is 3.62. The number of hydrogen-bond acceptors (Lipinski definition) is 3. The Labute approximate surface area is 133 Å². The molecule has 0 amide bonds. The molecule has 1 N–H and O–H groups in total. The number of nitrogens with one attached hydrogen (secondary N) is 1. The highest BCUT2D eigenvalue weighted by Gasteiger charge is 2.08. The quantitative estimate of drug-likeness (QED) is 0.735. The predicted octanol–water partition coefficient (Wildman–Crippen LogP) is 3.60. The van der Waals surface area contributed by atoms with E-state index in [0.717, 1.165) is 16.7 Å². The summed E-state index contributed by atoms with van der Waals surface area (Å²) >= 11 is 0. The molecule has 0 atom stereocenters. The molecule has 0 unspecified atom stereocenters. The molecule has 0 radical (unpaired) electrons. The largest absolute Gasteiger partial charge is 0.305 e. The van der Waals surface area contributed by atoms with Crippen molar-refractivity contribution in [3.05, 3.63) is 75.3 Å². The predicted molar refractivity (Wildman–Crippen MR) is 91.8 cm³/mol. The number of benzene rings is 2. The van der Waals surface area contributed by atoms with E-state index in [4.69, 9.17) is 0 Å². The van der Waals surface area contributed by atoms with E-state index in [-0.39, 0.29) is 11.4 Å². The summed E-state index contributed by atoms with van der Waals surface area (Å²) in [5, 5.41) is 9.95. The zero-order chi connectivity index (χ0) is 16.4. The van der Waals surface area contributed by atoms with Crippen molar-refractivity contribution in [3.8, 4) is 6.07 Å². The van der Waals surface area contributed by atoms with E-state index in [9.17, 15) is 10.1 Å². The van der Waals surface area contributed by atoms with E-state index in [0.29, 0.717) is 16.5 Å². The molecule has 112 valence electrons. The minimum absolute atomic E-state index is 0.237. The molecule has 4 nitrogen and oxygen atoms in total. The maximum atomic E-state index is 12.2. The normalized spacial score (nSPS) is 11.4. The van der Waals surface area contributed by atoms with E-state index < -0.39 is 0 Å². The highest BCUT2D eigenvalue weighted by Crippen LogP contribution is 2.16. The number of fused-ring (bicyclic) bond motifs is 1. The monoisotopic (exact) mass is 301 g/mol. The lowest BCUT2D eigenvalue weighted by molar-refractivity contribution is 1.13. The lowest BCUT2D eigenvalue weighted by Gasteiger charge is -2.03. The van der Waals surface area contributed by atoms with Crippen molar-refractivity contribution >= 4 is 22.6 Å². The van der Waals surface area contributed by atoms with Crippen molar-refractivity contribution in [1.29, 1.82) is 5.26 Å². The fraction of sp³-hybridized carbons (Fsp3) is 0.105. The van der Waals surface area contributed by atoms with Gasteiger partial charge in [0.25, 0.3) is 5.56 Å². The summed E-state index contributed by atoms with van der Waals surface area (Å²) in [6, 6.07) is 15.4. The molecule has 1 heterocycles. The zero-order valence-electron chi connectivity index (χ0n) is 12.9. The first-order valence-electron chi connectivity index (χ1n) is 7.26. The summed E-state index contributed by atoms with van der Waals surface area (Å²) in [7, 11) is 0. The smallest absolute Gasteiger partial charge is 0.259 e.